The highest BCUT2D eigenvalue weighted by atomic mass is 35.5. The van der Waals surface area contributed by atoms with Gasteiger partial charge >= 0.3 is 0 Å². The van der Waals surface area contributed by atoms with E-state index in [-0.39, 0.29) is 0 Å². The fourth-order valence-corrected chi connectivity index (χ4v) is 3.06. The van der Waals surface area contributed by atoms with Crippen LogP contribution in [0.4, 0.5) is 0 Å². The van der Waals surface area contributed by atoms with Gasteiger partial charge in [-0.25, -0.2) is 0 Å². The lowest BCUT2D eigenvalue weighted by Gasteiger charge is -2.17. The van der Waals surface area contributed by atoms with E-state index in [1.54, 1.807) is 6.07 Å². The van der Waals surface area contributed by atoms with Gasteiger partial charge in [-0.1, -0.05) is 30.1 Å². The van der Waals surface area contributed by atoms with E-state index in [9.17, 15) is 0 Å². The Labute approximate surface area is 119 Å². The molecule has 1 aliphatic rings. The lowest BCUT2D eigenvalue weighted by Crippen LogP contribution is -2.27. The molecule has 1 aromatic carbocycles. The van der Waals surface area contributed by atoms with Crippen LogP contribution in [0, 0.1) is 5.92 Å². The molecule has 1 N–H and O–H groups in total. The molecule has 1 saturated heterocycles. The third-order valence-corrected chi connectivity index (χ3v) is 3.84. The monoisotopic (exact) mass is 287 g/mol. The molecule has 1 fully saturated rings. The molecule has 4 heteroatoms. The summed E-state index contributed by atoms with van der Waals surface area (Å²) in [5.74, 6) is 0.629. The first-order valence-electron chi connectivity index (χ1n) is 6.46. The first-order chi connectivity index (χ1) is 8.69. The maximum absolute atomic E-state index is 5.97. The van der Waals surface area contributed by atoms with E-state index in [0.717, 1.165) is 38.1 Å². The minimum absolute atomic E-state index is 0.417. The minimum atomic E-state index is 0.417. The molecule has 2 unspecified atom stereocenters. The van der Waals surface area contributed by atoms with Crippen LogP contribution >= 0.6 is 23.2 Å². The van der Waals surface area contributed by atoms with Gasteiger partial charge in [-0.05, 0) is 42.5 Å². The summed E-state index contributed by atoms with van der Waals surface area (Å²) in [4.78, 5) is 0. The van der Waals surface area contributed by atoms with Crippen molar-refractivity contribution < 1.29 is 4.74 Å². The number of ether oxygens (including phenoxy) is 1. The fraction of sp³-hybridized carbons (Fsp3) is 0.571. The number of halogens is 2. The molecule has 1 aliphatic heterocycles. The molecule has 2 atom stereocenters. The Kier molecular flexibility index (Phi) is 5.31. The Morgan fingerprint density at radius 3 is 2.67 bits per heavy atom. The van der Waals surface area contributed by atoms with Crippen LogP contribution in [-0.4, -0.2) is 19.3 Å². The third kappa shape index (κ3) is 3.86. The molecule has 1 heterocycles. The smallest absolute Gasteiger partial charge is 0.0613 e. The Morgan fingerprint density at radius 2 is 2.00 bits per heavy atom. The summed E-state index contributed by atoms with van der Waals surface area (Å²) < 4.78 is 5.67. The first kappa shape index (κ1) is 14.1. The molecular weight excluding hydrogens is 269 g/mol. The molecule has 0 saturated carbocycles. The van der Waals surface area contributed by atoms with Crippen LogP contribution in [0.5, 0.6) is 0 Å². The van der Waals surface area contributed by atoms with E-state index in [0.29, 0.717) is 22.1 Å². The van der Waals surface area contributed by atoms with Gasteiger partial charge in [0, 0.05) is 29.7 Å². The zero-order chi connectivity index (χ0) is 13.0. The predicted molar refractivity (Wildman–Crippen MR) is 76.3 cm³/mol. The van der Waals surface area contributed by atoms with Gasteiger partial charge in [-0.3, -0.25) is 0 Å². The van der Waals surface area contributed by atoms with Gasteiger partial charge in [0.25, 0.3) is 0 Å². The van der Waals surface area contributed by atoms with E-state index in [1.807, 2.05) is 12.1 Å². The molecule has 0 amide bonds. The molecule has 1 aromatic rings. The van der Waals surface area contributed by atoms with Gasteiger partial charge in [-0.2, -0.15) is 0 Å². The summed E-state index contributed by atoms with van der Waals surface area (Å²) in [5, 5.41) is 4.84. The minimum Gasteiger partial charge on any atom is -0.378 e. The van der Waals surface area contributed by atoms with Gasteiger partial charge < -0.3 is 10.1 Å². The maximum Gasteiger partial charge on any atom is 0.0613 e. The van der Waals surface area contributed by atoms with E-state index in [1.165, 1.54) is 0 Å². The Hall–Kier alpha value is -0.280. The van der Waals surface area contributed by atoms with E-state index >= 15 is 0 Å². The van der Waals surface area contributed by atoms with E-state index < -0.39 is 0 Å². The molecule has 0 radical (unpaired) electrons. The fourth-order valence-electron chi connectivity index (χ4n) is 2.49. The highest BCUT2D eigenvalue weighted by Gasteiger charge is 2.25. The van der Waals surface area contributed by atoms with Gasteiger partial charge in [0.1, 0.15) is 0 Å². The van der Waals surface area contributed by atoms with Gasteiger partial charge in [0.2, 0.25) is 0 Å². The summed E-state index contributed by atoms with van der Waals surface area (Å²) in [6.07, 6.45) is 2.66. The second-order valence-electron chi connectivity index (χ2n) is 4.77. The van der Waals surface area contributed by atoms with Crippen LogP contribution in [0.1, 0.15) is 25.3 Å². The third-order valence-electron chi connectivity index (χ3n) is 3.41. The van der Waals surface area contributed by atoms with Crippen molar-refractivity contribution in [3.8, 4) is 0 Å². The normalized spacial score (nSPS) is 23.5. The molecular formula is C14H19Cl2NO. The topological polar surface area (TPSA) is 21.3 Å². The number of benzene rings is 1. The second kappa shape index (κ2) is 6.76. The molecule has 0 aliphatic carbocycles. The van der Waals surface area contributed by atoms with Crippen molar-refractivity contribution in [3.63, 3.8) is 0 Å². The Bertz CT molecular complexity index is 377. The maximum atomic E-state index is 5.97. The van der Waals surface area contributed by atoms with Gasteiger partial charge in [0.05, 0.1) is 6.10 Å². The van der Waals surface area contributed by atoms with Crippen molar-refractivity contribution in [2.45, 2.75) is 32.4 Å². The van der Waals surface area contributed by atoms with Crippen molar-refractivity contribution >= 4 is 23.2 Å². The largest absolute Gasteiger partial charge is 0.378 e. The van der Waals surface area contributed by atoms with Crippen LogP contribution < -0.4 is 5.32 Å². The van der Waals surface area contributed by atoms with Crippen LogP contribution in [0.25, 0.3) is 0 Å². The van der Waals surface area contributed by atoms with Crippen molar-refractivity contribution in [1.29, 1.82) is 0 Å². The van der Waals surface area contributed by atoms with E-state index in [4.69, 9.17) is 27.9 Å². The molecule has 2 nitrogen and oxygen atoms in total. The Balaban J connectivity index is 1.81. The number of hydrogen-bond donors (Lipinski definition) is 1. The van der Waals surface area contributed by atoms with Gasteiger partial charge in [0.15, 0.2) is 0 Å². The van der Waals surface area contributed by atoms with Crippen molar-refractivity contribution in [2.24, 2.45) is 5.92 Å². The molecule has 100 valence electrons. The van der Waals surface area contributed by atoms with Crippen molar-refractivity contribution in [3.05, 3.63) is 33.8 Å². The van der Waals surface area contributed by atoms with Crippen LogP contribution in [0.15, 0.2) is 18.2 Å². The molecule has 0 spiro atoms. The summed E-state index contributed by atoms with van der Waals surface area (Å²) in [6, 6.07) is 5.65. The molecule has 2 rings (SSSR count). The Morgan fingerprint density at radius 1 is 1.28 bits per heavy atom. The first-order valence-corrected chi connectivity index (χ1v) is 7.22. The van der Waals surface area contributed by atoms with Crippen LogP contribution in [-0.2, 0) is 11.3 Å². The predicted octanol–water partition coefficient (Wildman–Crippen LogP) is 3.90. The number of rotatable bonds is 5. The highest BCUT2D eigenvalue weighted by molar-refractivity contribution is 6.34. The summed E-state index contributed by atoms with van der Waals surface area (Å²) in [7, 11) is 0. The molecule has 18 heavy (non-hydrogen) atoms. The summed E-state index contributed by atoms with van der Waals surface area (Å²) in [6.45, 7) is 4.86. The average Bonchev–Trinajstić information content (AvgIpc) is 2.75. The van der Waals surface area contributed by atoms with Gasteiger partial charge in [-0.15, -0.1) is 0 Å². The van der Waals surface area contributed by atoms with E-state index in [2.05, 4.69) is 12.2 Å². The number of hydrogen-bond acceptors (Lipinski definition) is 2. The summed E-state index contributed by atoms with van der Waals surface area (Å²) in [5.41, 5.74) is 1.12. The quantitative estimate of drug-likeness (QED) is 0.887. The highest BCUT2D eigenvalue weighted by Crippen LogP contribution is 2.23. The second-order valence-corrected chi connectivity index (χ2v) is 5.65. The zero-order valence-electron chi connectivity index (χ0n) is 10.6. The SMILES string of the molecule is CCC1OCCC1CNCc1cc(Cl)cc(Cl)c1. The van der Waals surface area contributed by atoms with Crippen molar-refractivity contribution in [1.82, 2.24) is 5.32 Å². The lowest BCUT2D eigenvalue weighted by molar-refractivity contribution is 0.0872. The molecule has 0 aromatic heterocycles. The zero-order valence-corrected chi connectivity index (χ0v) is 12.1. The van der Waals surface area contributed by atoms with Crippen molar-refractivity contribution in [2.75, 3.05) is 13.2 Å². The number of nitrogens with one attached hydrogen (secondary N) is 1. The average molecular weight is 288 g/mol. The standard InChI is InChI=1S/C14H19Cl2NO/c1-2-14-11(3-4-18-14)9-17-8-10-5-12(15)7-13(16)6-10/h5-7,11,14,17H,2-4,8-9H2,1H3. The van der Waals surface area contributed by atoms with Crippen LogP contribution in [0.3, 0.4) is 0 Å². The lowest BCUT2D eigenvalue weighted by atomic mass is 9.99. The molecule has 0 bridgehead atoms. The van der Waals surface area contributed by atoms with Crippen LogP contribution in [0.2, 0.25) is 10.0 Å². The summed E-state index contributed by atoms with van der Waals surface area (Å²) >= 11 is 11.9.